The van der Waals surface area contributed by atoms with Crippen LogP contribution in [-0.4, -0.2) is 0 Å². The molecule has 0 aliphatic heterocycles. The molecular weight excluding hydrogens is 120 g/mol. The van der Waals surface area contributed by atoms with E-state index in [4.69, 9.17) is 0 Å². The monoisotopic (exact) mass is 140 g/mol. The van der Waals surface area contributed by atoms with Crippen molar-refractivity contribution in [3.8, 4) is 0 Å². The Morgan fingerprint density at radius 1 is 0.800 bits per heavy atom. The number of hydrogen-bond donors (Lipinski definition) is 0. The molecule has 0 heteroatoms. The zero-order valence-electron chi connectivity index (χ0n) is 7.72. The molecule has 0 heterocycles. The van der Waals surface area contributed by atoms with Crippen LogP contribution in [0, 0.1) is 11.8 Å². The first-order valence-electron chi connectivity index (χ1n) is 3.81. The minimum atomic E-state index is 0.706. The summed E-state index contributed by atoms with van der Waals surface area (Å²) in [6, 6.07) is 0. The molecule has 0 spiro atoms. The van der Waals surface area contributed by atoms with E-state index in [1.165, 1.54) is 0 Å². The largest absolute Gasteiger partial charge is 0.106 e. The fourth-order valence-corrected chi connectivity index (χ4v) is 0.444. The second-order valence-electron chi connectivity index (χ2n) is 2.87. The van der Waals surface area contributed by atoms with Crippen LogP contribution < -0.4 is 0 Å². The number of hydrogen-bond acceptors (Lipinski definition) is 0. The summed E-state index contributed by atoms with van der Waals surface area (Å²) in [7, 11) is 0. The van der Waals surface area contributed by atoms with Crippen molar-refractivity contribution in [1.29, 1.82) is 0 Å². The Hall–Kier alpha value is -0.520. The lowest BCUT2D eigenvalue weighted by Gasteiger charge is -1.95. The van der Waals surface area contributed by atoms with Gasteiger partial charge in [0.15, 0.2) is 0 Å². The van der Waals surface area contributed by atoms with Crippen molar-refractivity contribution in [2.45, 2.75) is 27.7 Å². The highest BCUT2D eigenvalue weighted by Gasteiger charge is 1.85. The molecule has 0 aromatic heterocycles. The Labute approximate surface area is 65.7 Å². The molecule has 0 aromatic carbocycles. The summed E-state index contributed by atoms with van der Waals surface area (Å²) >= 11 is 0. The van der Waals surface area contributed by atoms with Gasteiger partial charge in [0.05, 0.1) is 0 Å². The Morgan fingerprint density at radius 3 is 1.10 bits per heavy atom. The predicted octanol–water partition coefficient (Wildman–Crippen LogP) is 3.66. The quantitative estimate of drug-likeness (QED) is 0.513. The minimum absolute atomic E-state index is 0.706. The summed E-state index contributed by atoms with van der Waals surface area (Å²) < 4.78 is 0. The van der Waals surface area contributed by atoms with Gasteiger partial charge in [0.1, 0.15) is 0 Å². The molecule has 0 amide bonds. The molecule has 0 aliphatic carbocycles. The summed E-state index contributed by atoms with van der Waals surface area (Å²) in [6.07, 6.45) is 4.48. The molecule has 0 saturated heterocycles. The fraction of sp³-hybridized carbons (Fsp3) is 0.600. The van der Waals surface area contributed by atoms with Gasteiger partial charge in [-0.25, -0.2) is 0 Å². The van der Waals surface area contributed by atoms with Crippen LogP contribution >= 0.6 is 0 Å². The maximum atomic E-state index is 3.00. The van der Waals surface area contributed by atoms with Crippen molar-refractivity contribution < 1.29 is 0 Å². The van der Waals surface area contributed by atoms with Crippen LogP contribution in [0.2, 0.25) is 0 Å². The molecule has 0 bridgehead atoms. The maximum Gasteiger partial charge on any atom is -0.0290 e. The van der Waals surface area contributed by atoms with E-state index in [0.29, 0.717) is 11.8 Å². The van der Waals surface area contributed by atoms with Gasteiger partial charge in [-0.05, 0) is 11.8 Å². The van der Waals surface area contributed by atoms with Gasteiger partial charge in [0.2, 0.25) is 0 Å². The van der Waals surface area contributed by atoms with Gasteiger partial charge in [-0.3, -0.25) is 0 Å². The van der Waals surface area contributed by atoms with Crippen molar-refractivity contribution in [2.24, 2.45) is 11.8 Å². The third kappa shape index (κ3) is 15.6. The van der Waals surface area contributed by atoms with Crippen molar-refractivity contribution in [2.75, 3.05) is 0 Å². The molecule has 0 radical (unpaired) electrons. The van der Waals surface area contributed by atoms with Crippen LogP contribution in [0.1, 0.15) is 27.7 Å². The number of allylic oxidation sites excluding steroid dienone is 2. The van der Waals surface area contributed by atoms with Crippen LogP contribution in [0.3, 0.4) is 0 Å². The Balaban J connectivity index is 0. The topological polar surface area (TPSA) is 0 Å². The molecular formula is C10H20. The average Bonchev–Trinajstić information content (AvgIpc) is 1.89. The molecule has 0 unspecified atom stereocenters. The standard InChI is InChI=1S/C8H16.C2H4/c1-7(2)5-6-8(3)4;1-2/h5-8H,1-4H3;1-2H2/b6-5+;. The zero-order chi connectivity index (χ0) is 8.57. The predicted molar refractivity (Wildman–Crippen MR) is 50.1 cm³/mol. The molecule has 0 rings (SSSR count). The second kappa shape index (κ2) is 8.48. The van der Waals surface area contributed by atoms with E-state index < -0.39 is 0 Å². The first-order valence-corrected chi connectivity index (χ1v) is 3.81. The fourth-order valence-electron chi connectivity index (χ4n) is 0.444. The lowest BCUT2D eigenvalue weighted by Crippen LogP contribution is -1.81. The highest BCUT2D eigenvalue weighted by molar-refractivity contribution is 4.86. The summed E-state index contributed by atoms with van der Waals surface area (Å²) in [5, 5.41) is 0. The van der Waals surface area contributed by atoms with Gasteiger partial charge >= 0.3 is 0 Å². The lowest BCUT2D eigenvalue weighted by atomic mass is 10.1. The summed E-state index contributed by atoms with van der Waals surface area (Å²) in [5.41, 5.74) is 0. The summed E-state index contributed by atoms with van der Waals surface area (Å²) in [5.74, 6) is 1.41. The van der Waals surface area contributed by atoms with Gasteiger partial charge in [0, 0.05) is 0 Å². The van der Waals surface area contributed by atoms with Crippen molar-refractivity contribution >= 4 is 0 Å². The molecule has 0 fully saturated rings. The SMILES string of the molecule is C=C.CC(C)/C=C/C(C)C. The molecule has 10 heavy (non-hydrogen) atoms. The average molecular weight is 140 g/mol. The molecule has 0 atom stereocenters. The normalized spacial score (nSPS) is 10.2. The van der Waals surface area contributed by atoms with Crippen molar-refractivity contribution in [3.63, 3.8) is 0 Å². The van der Waals surface area contributed by atoms with Crippen LogP contribution in [0.4, 0.5) is 0 Å². The molecule has 0 saturated carbocycles. The molecule has 0 nitrogen and oxygen atoms in total. The van der Waals surface area contributed by atoms with Gasteiger partial charge in [-0.15, -0.1) is 13.2 Å². The zero-order valence-corrected chi connectivity index (χ0v) is 7.72. The van der Waals surface area contributed by atoms with Crippen LogP contribution in [0.15, 0.2) is 25.3 Å². The smallest absolute Gasteiger partial charge is 0.0290 e. The van der Waals surface area contributed by atoms with Crippen molar-refractivity contribution in [1.82, 2.24) is 0 Å². The maximum absolute atomic E-state index is 3.00. The summed E-state index contributed by atoms with van der Waals surface area (Å²) in [4.78, 5) is 0. The van der Waals surface area contributed by atoms with E-state index >= 15 is 0 Å². The summed E-state index contributed by atoms with van der Waals surface area (Å²) in [6.45, 7) is 14.8. The highest BCUT2D eigenvalue weighted by Crippen LogP contribution is 1.99. The number of rotatable bonds is 2. The highest BCUT2D eigenvalue weighted by atomic mass is 13.9. The molecule has 0 aromatic rings. The first-order chi connectivity index (χ1) is 4.63. The van der Waals surface area contributed by atoms with Gasteiger partial charge in [-0.2, -0.15) is 0 Å². The van der Waals surface area contributed by atoms with Crippen LogP contribution in [-0.2, 0) is 0 Å². The van der Waals surface area contributed by atoms with Crippen molar-refractivity contribution in [3.05, 3.63) is 25.3 Å². The van der Waals surface area contributed by atoms with E-state index in [0.717, 1.165) is 0 Å². The van der Waals surface area contributed by atoms with Gasteiger partial charge in [0.25, 0.3) is 0 Å². The van der Waals surface area contributed by atoms with Crippen LogP contribution in [0.5, 0.6) is 0 Å². The second-order valence-corrected chi connectivity index (χ2v) is 2.87. The first kappa shape index (κ1) is 12.2. The Kier molecular flexibility index (Phi) is 10.3. The van der Waals surface area contributed by atoms with E-state index in [1.807, 2.05) is 0 Å². The van der Waals surface area contributed by atoms with E-state index in [9.17, 15) is 0 Å². The van der Waals surface area contributed by atoms with E-state index in [-0.39, 0.29) is 0 Å². The molecule has 0 N–H and O–H groups in total. The Morgan fingerprint density at radius 2 is 1.00 bits per heavy atom. The molecule has 0 aliphatic rings. The lowest BCUT2D eigenvalue weighted by molar-refractivity contribution is 0.780. The molecule has 60 valence electrons. The van der Waals surface area contributed by atoms with E-state index in [1.54, 1.807) is 0 Å². The Bertz CT molecular complexity index is 68.0. The van der Waals surface area contributed by atoms with Gasteiger partial charge < -0.3 is 0 Å². The van der Waals surface area contributed by atoms with Gasteiger partial charge in [-0.1, -0.05) is 39.8 Å². The van der Waals surface area contributed by atoms with Crippen LogP contribution in [0.25, 0.3) is 0 Å². The third-order valence-corrected chi connectivity index (χ3v) is 0.881. The third-order valence-electron chi connectivity index (χ3n) is 0.881. The minimum Gasteiger partial charge on any atom is -0.106 e. The van der Waals surface area contributed by atoms with E-state index in [2.05, 4.69) is 53.0 Å².